The number of aryl methyl sites for hydroxylation is 2. The summed E-state index contributed by atoms with van der Waals surface area (Å²) in [6.07, 6.45) is 2.45. The second-order valence-electron chi connectivity index (χ2n) is 7.97. The number of aromatic nitrogens is 4. The summed E-state index contributed by atoms with van der Waals surface area (Å²) in [5.41, 5.74) is 5.74. The van der Waals surface area contributed by atoms with Crippen molar-refractivity contribution in [2.24, 2.45) is 0 Å². The monoisotopic (exact) mass is 437 g/mol. The van der Waals surface area contributed by atoms with E-state index in [-0.39, 0.29) is 24.4 Å². The maximum atomic E-state index is 13.2. The first kappa shape index (κ1) is 19.7. The zero-order chi connectivity index (χ0) is 21.5. The Morgan fingerprint density at radius 1 is 1.29 bits per heavy atom. The average Bonchev–Trinajstić information content (AvgIpc) is 3.50. The lowest BCUT2D eigenvalue weighted by atomic mass is 10.1. The minimum absolute atomic E-state index is 0.0716. The molecule has 2 aliphatic rings. The fourth-order valence-electron chi connectivity index (χ4n) is 4.28. The van der Waals surface area contributed by atoms with Gasteiger partial charge in [0, 0.05) is 30.4 Å². The van der Waals surface area contributed by atoms with Crippen LogP contribution in [0.1, 0.15) is 39.9 Å². The van der Waals surface area contributed by atoms with Crippen molar-refractivity contribution < 1.29 is 9.59 Å². The van der Waals surface area contributed by atoms with E-state index in [2.05, 4.69) is 26.4 Å². The lowest BCUT2D eigenvalue weighted by Crippen LogP contribution is -2.40. The van der Waals surface area contributed by atoms with Crippen molar-refractivity contribution in [3.63, 3.8) is 0 Å². The molecule has 1 saturated heterocycles. The van der Waals surface area contributed by atoms with Crippen molar-refractivity contribution in [3.05, 3.63) is 51.9 Å². The summed E-state index contributed by atoms with van der Waals surface area (Å²) in [6, 6.07) is 3.99. The van der Waals surface area contributed by atoms with E-state index in [1.165, 1.54) is 11.3 Å². The van der Waals surface area contributed by atoms with Crippen molar-refractivity contribution in [1.82, 2.24) is 24.6 Å². The van der Waals surface area contributed by atoms with Crippen LogP contribution in [0, 0.1) is 13.8 Å². The highest BCUT2D eigenvalue weighted by Crippen LogP contribution is 2.31. The van der Waals surface area contributed by atoms with Crippen LogP contribution in [0.5, 0.6) is 0 Å². The van der Waals surface area contributed by atoms with E-state index in [0.717, 1.165) is 23.5 Å². The third-order valence-corrected chi connectivity index (χ3v) is 6.39. The molecule has 10 heteroatoms. The third-order valence-electron chi connectivity index (χ3n) is 5.76. The first-order valence-corrected chi connectivity index (χ1v) is 11.2. The maximum absolute atomic E-state index is 13.2. The van der Waals surface area contributed by atoms with Gasteiger partial charge in [-0.25, -0.2) is 9.97 Å². The van der Waals surface area contributed by atoms with E-state index in [4.69, 9.17) is 0 Å². The number of rotatable bonds is 4. The van der Waals surface area contributed by atoms with Crippen LogP contribution >= 0.6 is 11.3 Å². The minimum atomic E-state index is -0.0778. The summed E-state index contributed by atoms with van der Waals surface area (Å²) in [7, 11) is 0. The molecule has 3 aromatic rings. The molecular weight excluding hydrogens is 414 g/mol. The quantitative estimate of drug-likeness (QED) is 0.673. The number of anilines is 2. The highest BCUT2D eigenvalue weighted by Gasteiger charge is 2.31. The lowest BCUT2D eigenvalue weighted by molar-refractivity contribution is -0.117. The summed E-state index contributed by atoms with van der Waals surface area (Å²) in [4.78, 5) is 38.0. The fourth-order valence-corrected chi connectivity index (χ4v) is 4.83. The normalized spacial score (nSPS) is 18.3. The summed E-state index contributed by atoms with van der Waals surface area (Å²) in [5.74, 6) is 0.456. The molecule has 0 saturated carbocycles. The molecule has 2 amide bonds. The Hall–Kier alpha value is -3.27. The summed E-state index contributed by atoms with van der Waals surface area (Å²) in [5, 5.41) is 9.53. The van der Waals surface area contributed by atoms with Gasteiger partial charge >= 0.3 is 0 Å². The van der Waals surface area contributed by atoms with Crippen LogP contribution < -0.4 is 10.2 Å². The van der Waals surface area contributed by atoms with Gasteiger partial charge in [-0.15, -0.1) is 11.3 Å². The lowest BCUT2D eigenvalue weighted by Gasteiger charge is -2.29. The molecule has 1 N–H and O–H groups in total. The van der Waals surface area contributed by atoms with Gasteiger partial charge in [0.05, 0.1) is 47.3 Å². The van der Waals surface area contributed by atoms with Crippen LogP contribution in [0.15, 0.2) is 29.2 Å². The van der Waals surface area contributed by atoms with Gasteiger partial charge in [-0.2, -0.15) is 5.10 Å². The smallest absolute Gasteiger partial charge is 0.255 e. The van der Waals surface area contributed by atoms with Gasteiger partial charge in [0.15, 0.2) is 5.82 Å². The van der Waals surface area contributed by atoms with Crippen LogP contribution in [-0.2, 0) is 11.3 Å². The van der Waals surface area contributed by atoms with Crippen molar-refractivity contribution in [3.8, 4) is 0 Å². The second kappa shape index (κ2) is 7.77. The molecule has 1 atom stereocenters. The molecule has 9 nitrogen and oxygen atoms in total. The Morgan fingerprint density at radius 2 is 2.16 bits per heavy atom. The summed E-state index contributed by atoms with van der Waals surface area (Å²) >= 11 is 1.49. The fraction of sp³-hybridized carbons (Fsp3) is 0.381. The first-order valence-electron chi connectivity index (χ1n) is 10.2. The second-order valence-corrected chi connectivity index (χ2v) is 8.69. The number of likely N-dealkylation sites (tertiary alicyclic amines) is 1. The van der Waals surface area contributed by atoms with Crippen molar-refractivity contribution >= 4 is 34.7 Å². The average molecular weight is 438 g/mol. The molecule has 160 valence electrons. The highest BCUT2D eigenvalue weighted by atomic mass is 32.1. The number of pyridine rings is 1. The van der Waals surface area contributed by atoms with E-state index < -0.39 is 0 Å². The summed E-state index contributed by atoms with van der Waals surface area (Å²) < 4.78 is 2.02. The number of nitrogens with one attached hydrogen (secondary N) is 1. The molecule has 5 heterocycles. The Balaban J connectivity index is 1.37. The van der Waals surface area contributed by atoms with E-state index in [0.29, 0.717) is 36.7 Å². The molecular formula is C21H23N7O2S. The number of hydrogen-bond acceptors (Lipinski definition) is 7. The van der Waals surface area contributed by atoms with Crippen molar-refractivity contribution in [1.29, 1.82) is 0 Å². The van der Waals surface area contributed by atoms with E-state index >= 15 is 0 Å². The summed E-state index contributed by atoms with van der Waals surface area (Å²) in [6.45, 7) is 5.83. The number of amides is 2. The molecule has 1 unspecified atom stereocenters. The number of carbonyl (C=O) groups is 2. The molecule has 0 spiro atoms. The van der Waals surface area contributed by atoms with Gasteiger partial charge in [-0.3, -0.25) is 14.3 Å². The third kappa shape index (κ3) is 3.67. The minimum Gasteiger partial charge on any atom is -0.359 e. The maximum Gasteiger partial charge on any atom is 0.255 e. The van der Waals surface area contributed by atoms with Crippen LogP contribution in [0.3, 0.4) is 0 Å². The number of fused-ring (bicyclic) bond motifs is 1. The topological polar surface area (TPSA) is 96.3 Å². The zero-order valence-corrected chi connectivity index (χ0v) is 18.2. The van der Waals surface area contributed by atoms with Crippen LogP contribution in [-0.4, -0.2) is 56.1 Å². The first-order chi connectivity index (χ1) is 15.0. The largest absolute Gasteiger partial charge is 0.359 e. The molecule has 5 rings (SSSR count). The van der Waals surface area contributed by atoms with E-state index in [1.54, 1.807) is 22.7 Å². The number of thiazole rings is 1. The molecule has 31 heavy (non-hydrogen) atoms. The zero-order valence-electron chi connectivity index (χ0n) is 17.4. The molecule has 2 aliphatic heterocycles. The predicted molar refractivity (Wildman–Crippen MR) is 117 cm³/mol. The molecule has 1 fully saturated rings. The van der Waals surface area contributed by atoms with Crippen molar-refractivity contribution in [2.45, 2.75) is 32.9 Å². The van der Waals surface area contributed by atoms with Gasteiger partial charge in [0.2, 0.25) is 5.91 Å². The Bertz CT molecular complexity index is 1140. The molecule has 0 aliphatic carbocycles. The predicted octanol–water partition coefficient (Wildman–Crippen LogP) is 2.40. The Kier molecular flexibility index (Phi) is 4.93. The molecule has 0 aromatic carbocycles. The SMILES string of the molecule is Cc1cc(C)n(C2CCN(C(=O)c3cnc4c(c3)N(Cc3cscn3)C(=O)CN4)C2)n1. The van der Waals surface area contributed by atoms with Crippen LogP contribution in [0.4, 0.5) is 11.5 Å². The van der Waals surface area contributed by atoms with E-state index in [1.807, 2.05) is 28.8 Å². The van der Waals surface area contributed by atoms with Crippen LogP contribution in [0.25, 0.3) is 0 Å². The number of carbonyl (C=O) groups excluding carboxylic acids is 2. The van der Waals surface area contributed by atoms with Crippen molar-refractivity contribution in [2.75, 3.05) is 29.9 Å². The Morgan fingerprint density at radius 3 is 2.90 bits per heavy atom. The van der Waals surface area contributed by atoms with Gasteiger partial charge in [-0.05, 0) is 32.4 Å². The van der Waals surface area contributed by atoms with Gasteiger partial charge in [-0.1, -0.05) is 0 Å². The molecule has 0 bridgehead atoms. The number of nitrogens with zero attached hydrogens (tertiary/aromatic N) is 6. The number of hydrogen-bond donors (Lipinski definition) is 1. The standard InChI is InChI=1S/C21H23N7O2S/c1-13-5-14(2)28(25-13)17-3-4-26(10-17)21(30)15-6-18-20(22-7-15)23-8-19(29)27(18)9-16-11-31-12-24-16/h5-7,11-12,17H,3-4,8-10H2,1-2H3,(H,22,23). The van der Waals surface area contributed by atoms with E-state index in [9.17, 15) is 9.59 Å². The van der Waals surface area contributed by atoms with Gasteiger partial charge in [0.25, 0.3) is 5.91 Å². The Labute approximate surface area is 183 Å². The van der Waals surface area contributed by atoms with Gasteiger partial charge in [0.1, 0.15) is 0 Å². The van der Waals surface area contributed by atoms with Gasteiger partial charge < -0.3 is 15.1 Å². The molecule has 0 radical (unpaired) electrons. The van der Waals surface area contributed by atoms with Crippen LogP contribution in [0.2, 0.25) is 0 Å². The molecule has 3 aromatic heterocycles. The highest BCUT2D eigenvalue weighted by molar-refractivity contribution is 7.07.